The zero-order valence-corrected chi connectivity index (χ0v) is 30.7. The van der Waals surface area contributed by atoms with Crippen molar-refractivity contribution in [3.8, 4) is 22.5 Å². The lowest BCUT2D eigenvalue weighted by atomic mass is 9.77. The van der Waals surface area contributed by atoms with Crippen LogP contribution in [0.1, 0.15) is 64.3 Å². The molecule has 0 unspecified atom stereocenters. The molecule has 1 aliphatic rings. The standard InChI is InChI=1S/C46H41N7O/c1-4-42-48-43-31(2)28-37(30-54-3)47-45(43)52(42)41-27-25-33-29-32(24-26-39(33)41)38-22-14-15-23-40(38)44-49-50-51-53(44)46(34-16-8-5-9-17-34,35-18-10-6-11-19-35)36-20-12-7-13-21-36/h5-24,26,28-29,41H,4,25,27,30H2,1-3H3/t41-/m0/s1. The molecular weight excluding hydrogens is 667 g/mol. The van der Waals surface area contributed by atoms with Crippen molar-refractivity contribution in [3.63, 3.8) is 0 Å². The molecule has 3 heterocycles. The second-order valence-electron chi connectivity index (χ2n) is 14.0. The van der Waals surface area contributed by atoms with Crippen LogP contribution in [0.5, 0.6) is 0 Å². The first-order valence-corrected chi connectivity index (χ1v) is 18.7. The second kappa shape index (κ2) is 14.0. The quantitative estimate of drug-likeness (QED) is 0.132. The molecule has 5 aromatic carbocycles. The topological polar surface area (TPSA) is 83.5 Å². The number of tetrazole rings is 1. The van der Waals surface area contributed by atoms with E-state index in [-0.39, 0.29) is 6.04 Å². The van der Waals surface area contributed by atoms with Gasteiger partial charge in [0.1, 0.15) is 16.9 Å². The summed E-state index contributed by atoms with van der Waals surface area (Å²) in [5.74, 6) is 1.75. The lowest BCUT2D eigenvalue weighted by molar-refractivity contribution is 0.181. The number of rotatable bonds is 10. The molecule has 0 spiro atoms. The highest BCUT2D eigenvalue weighted by atomic mass is 16.5. The minimum atomic E-state index is -0.846. The Kier molecular flexibility index (Phi) is 8.67. The molecule has 0 bridgehead atoms. The molecule has 0 amide bonds. The number of benzene rings is 5. The van der Waals surface area contributed by atoms with Crippen molar-refractivity contribution in [1.82, 2.24) is 34.7 Å². The van der Waals surface area contributed by atoms with Gasteiger partial charge in [-0.05, 0) is 80.8 Å². The van der Waals surface area contributed by atoms with Crippen LogP contribution in [0.2, 0.25) is 0 Å². The van der Waals surface area contributed by atoms with E-state index in [0.29, 0.717) is 12.4 Å². The Morgan fingerprint density at radius 2 is 1.37 bits per heavy atom. The molecule has 0 aliphatic heterocycles. The summed E-state index contributed by atoms with van der Waals surface area (Å²) in [5, 5.41) is 14.0. The van der Waals surface area contributed by atoms with Crippen LogP contribution in [-0.4, -0.2) is 41.9 Å². The number of imidazole rings is 1. The summed E-state index contributed by atoms with van der Waals surface area (Å²) in [5.41, 5.74) is 12.1. The molecule has 3 aromatic heterocycles. The van der Waals surface area contributed by atoms with E-state index in [4.69, 9.17) is 25.0 Å². The number of nitrogens with zero attached hydrogens (tertiary/aromatic N) is 7. The van der Waals surface area contributed by atoms with Crippen molar-refractivity contribution in [2.75, 3.05) is 7.11 Å². The number of fused-ring (bicyclic) bond motifs is 2. The smallest absolute Gasteiger partial charge is 0.184 e. The van der Waals surface area contributed by atoms with Crippen molar-refractivity contribution >= 4 is 11.2 Å². The Labute approximate surface area is 315 Å². The van der Waals surface area contributed by atoms with Crippen LogP contribution in [0, 0.1) is 6.92 Å². The summed E-state index contributed by atoms with van der Waals surface area (Å²) >= 11 is 0. The van der Waals surface area contributed by atoms with Crippen molar-refractivity contribution in [1.29, 1.82) is 0 Å². The van der Waals surface area contributed by atoms with E-state index in [2.05, 4.69) is 145 Å². The van der Waals surface area contributed by atoms with Crippen LogP contribution in [0.3, 0.4) is 0 Å². The summed E-state index contributed by atoms with van der Waals surface area (Å²) in [6.45, 7) is 4.76. The van der Waals surface area contributed by atoms with Crippen LogP contribution in [0.4, 0.5) is 0 Å². The van der Waals surface area contributed by atoms with E-state index in [1.807, 2.05) is 22.9 Å². The molecule has 0 fully saturated rings. The normalized spacial score (nSPS) is 14.1. The molecular formula is C46H41N7O. The van der Waals surface area contributed by atoms with Crippen LogP contribution >= 0.6 is 0 Å². The van der Waals surface area contributed by atoms with E-state index >= 15 is 0 Å². The highest BCUT2D eigenvalue weighted by Gasteiger charge is 2.42. The van der Waals surface area contributed by atoms with Crippen LogP contribution in [-0.2, 0) is 29.7 Å². The van der Waals surface area contributed by atoms with Gasteiger partial charge in [0.05, 0.1) is 18.3 Å². The number of hydrogen-bond acceptors (Lipinski definition) is 6. The Bertz CT molecular complexity index is 2480. The molecule has 0 radical (unpaired) electrons. The Morgan fingerprint density at radius 3 is 2.00 bits per heavy atom. The van der Waals surface area contributed by atoms with Crippen LogP contribution < -0.4 is 0 Å². The average Bonchev–Trinajstić information content (AvgIpc) is 3.97. The Morgan fingerprint density at radius 1 is 0.741 bits per heavy atom. The van der Waals surface area contributed by atoms with Gasteiger partial charge in [-0.1, -0.05) is 140 Å². The summed E-state index contributed by atoms with van der Waals surface area (Å²) < 4.78 is 9.86. The molecule has 1 aliphatic carbocycles. The molecule has 0 saturated carbocycles. The first-order valence-electron chi connectivity index (χ1n) is 18.7. The van der Waals surface area contributed by atoms with E-state index in [1.54, 1.807) is 7.11 Å². The number of aryl methyl sites for hydroxylation is 3. The SMILES string of the molecule is CCc1nc2c(C)cc(COC)nc2n1[C@H]1CCc2cc(-c3ccccc3-c3nnnn3C(c3ccccc3)(c3ccccc3)c3ccccc3)ccc21. The predicted octanol–water partition coefficient (Wildman–Crippen LogP) is 9.14. The highest BCUT2D eigenvalue weighted by Crippen LogP contribution is 2.45. The van der Waals surface area contributed by atoms with E-state index in [1.165, 1.54) is 11.1 Å². The largest absolute Gasteiger partial charge is 0.378 e. The highest BCUT2D eigenvalue weighted by molar-refractivity contribution is 5.82. The van der Waals surface area contributed by atoms with Gasteiger partial charge >= 0.3 is 0 Å². The van der Waals surface area contributed by atoms with Gasteiger partial charge in [0.2, 0.25) is 0 Å². The van der Waals surface area contributed by atoms with Gasteiger partial charge < -0.3 is 9.30 Å². The van der Waals surface area contributed by atoms with Crippen molar-refractivity contribution in [2.24, 2.45) is 0 Å². The molecule has 8 aromatic rings. The number of pyridine rings is 1. The minimum absolute atomic E-state index is 0.157. The summed E-state index contributed by atoms with van der Waals surface area (Å²) in [4.78, 5) is 10.2. The Balaban J connectivity index is 1.18. The van der Waals surface area contributed by atoms with Crippen LogP contribution in [0.25, 0.3) is 33.7 Å². The molecule has 8 nitrogen and oxygen atoms in total. The lowest BCUT2D eigenvalue weighted by Gasteiger charge is -2.36. The van der Waals surface area contributed by atoms with Crippen molar-refractivity contribution in [3.05, 3.63) is 184 Å². The maximum atomic E-state index is 5.47. The molecule has 0 N–H and O–H groups in total. The third-order valence-electron chi connectivity index (χ3n) is 10.9. The van der Waals surface area contributed by atoms with Gasteiger partial charge in [0.15, 0.2) is 11.5 Å². The predicted molar refractivity (Wildman–Crippen MR) is 212 cm³/mol. The third kappa shape index (κ3) is 5.44. The molecule has 54 heavy (non-hydrogen) atoms. The fourth-order valence-electron chi connectivity index (χ4n) is 8.57. The maximum absolute atomic E-state index is 5.47. The number of aromatic nitrogens is 7. The fraction of sp³-hybridized carbons (Fsp3) is 0.196. The first-order chi connectivity index (χ1) is 26.6. The molecule has 9 rings (SSSR count). The average molecular weight is 708 g/mol. The summed E-state index contributed by atoms with van der Waals surface area (Å²) in [7, 11) is 1.71. The molecule has 0 saturated heterocycles. The van der Waals surface area contributed by atoms with Gasteiger partial charge in [-0.25, -0.2) is 14.6 Å². The van der Waals surface area contributed by atoms with Gasteiger partial charge in [-0.3, -0.25) is 0 Å². The molecule has 1 atom stereocenters. The zero-order chi connectivity index (χ0) is 36.6. The summed E-state index contributed by atoms with van der Waals surface area (Å²) in [6, 6.07) is 49.3. The van der Waals surface area contributed by atoms with Gasteiger partial charge in [-0.15, -0.1) is 5.10 Å². The minimum Gasteiger partial charge on any atom is -0.378 e. The van der Waals surface area contributed by atoms with Gasteiger partial charge in [0, 0.05) is 19.1 Å². The lowest BCUT2D eigenvalue weighted by Crippen LogP contribution is -2.39. The Hall–Kier alpha value is -6.25. The maximum Gasteiger partial charge on any atom is 0.184 e. The zero-order valence-electron chi connectivity index (χ0n) is 30.7. The van der Waals surface area contributed by atoms with Crippen molar-refractivity contribution in [2.45, 2.75) is 51.3 Å². The second-order valence-corrected chi connectivity index (χ2v) is 14.0. The van der Waals surface area contributed by atoms with E-state index < -0.39 is 5.54 Å². The van der Waals surface area contributed by atoms with Crippen LogP contribution in [0.15, 0.2) is 140 Å². The third-order valence-corrected chi connectivity index (χ3v) is 10.9. The number of hydrogen-bond donors (Lipinski definition) is 0. The van der Waals surface area contributed by atoms with Gasteiger partial charge in [-0.2, -0.15) is 0 Å². The van der Waals surface area contributed by atoms with E-state index in [0.717, 1.165) is 80.9 Å². The molecule has 8 heteroatoms. The van der Waals surface area contributed by atoms with Gasteiger partial charge in [0.25, 0.3) is 0 Å². The van der Waals surface area contributed by atoms with E-state index in [9.17, 15) is 0 Å². The van der Waals surface area contributed by atoms with Crippen molar-refractivity contribution < 1.29 is 4.74 Å². The first kappa shape index (κ1) is 33.6. The molecule has 266 valence electrons. The summed E-state index contributed by atoms with van der Waals surface area (Å²) in [6.07, 6.45) is 2.78. The number of methoxy groups -OCH3 is 1. The fourth-order valence-corrected chi connectivity index (χ4v) is 8.57. The number of ether oxygens (including phenoxy) is 1. The monoisotopic (exact) mass is 707 g/mol.